The van der Waals surface area contributed by atoms with Crippen LogP contribution in [0.2, 0.25) is 6.32 Å². The van der Waals surface area contributed by atoms with E-state index in [1.807, 2.05) is 24.3 Å². The van der Waals surface area contributed by atoms with Crippen LogP contribution in [0.25, 0.3) is 0 Å². The van der Waals surface area contributed by atoms with Crippen molar-refractivity contribution < 1.29 is 23.7 Å². The molecule has 0 amide bonds. The van der Waals surface area contributed by atoms with Crippen LogP contribution in [0.4, 0.5) is 0 Å². The Morgan fingerprint density at radius 1 is 0.875 bits per heavy atom. The molecule has 0 aromatic heterocycles. The fraction of sp³-hybridized carbons (Fsp3) is 0.611. The van der Waals surface area contributed by atoms with E-state index < -0.39 is 0 Å². The minimum absolute atomic E-state index is 0.110. The summed E-state index contributed by atoms with van der Waals surface area (Å²) in [5, 5.41) is 0. The zero-order chi connectivity index (χ0) is 17.5. The Morgan fingerprint density at radius 2 is 1.42 bits per heavy atom. The lowest BCUT2D eigenvalue weighted by molar-refractivity contribution is 0.00534. The van der Waals surface area contributed by atoms with Crippen molar-refractivity contribution in [1.29, 1.82) is 0 Å². The van der Waals surface area contributed by atoms with Gasteiger partial charge in [0.15, 0.2) is 5.78 Å². The Labute approximate surface area is 145 Å². The summed E-state index contributed by atoms with van der Waals surface area (Å²) in [6.45, 7) is 5.95. The molecule has 0 unspecified atom stereocenters. The molecule has 0 radical (unpaired) electrons. The first-order valence-corrected chi connectivity index (χ1v) is 8.56. The van der Waals surface area contributed by atoms with E-state index in [1.165, 1.54) is 5.56 Å². The molecule has 0 aliphatic carbocycles. The molecular weight excluding hydrogens is 307 g/mol. The van der Waals surface area contributed by atoms with E-state index in [9.17, 15) is 4.79 Å². The Bertz CT molecular complexity index is 436. The highest BCUT2D eigenvalue weighted by Crippen LogP contribution is 2.06. The molecule has 1 rings (SSSR count). The lowest BCUT2D eigenvalue weighted by Gasteiger charge is -2.06. The van der Waals surface area contributed by atoms with Crippen LogP contribution in [-0.2, 0) is 25.3 Å². The molecular formula is C18H29BO5. The maximum Gasteiger partial charge on any atom is 0.159 e. The number of carbonyl (C=O) groups is 1. The number of rotatable bonds is 15. The van der Waals surface area contributed by atoms with E-state index in [1.54, 1.807) is 14.0 Å². The van der Waals surface area contributed by atoms with Gasteiger partial charge in [-0.1, -0.05) is 42.5 Å². The molecule has 1 aromatic rings. The van der Waals surface area contributed by atoms with Crippen LogP contribution >= 0.6 is 0 Å². The van der Waals surface area contributed by atoms with E-state index in [4.69, 9.17) is 18.9 Å². The highest BCUT2D eigenvalue weighted by molar-refractivity contribution is 6.34. The lowest BCUT2D eigenvalue weighted by Crippen LogP contribution is -2.12. The van der Waals surface area contributed by atoms with E-state index in [0.717, 1.165) is 32.1 Å². The smallest absolute Gasteiger partial charge is 0.159 e. The second-order valence-corrected chi connectivity index (χ2v) is 5.54. The van der Waals surface area contributed by atoms with Crippen molar-refractivity contribution in [3.8, 4) is 0 Å². The highest BCUT2D eigenvalue weighted by Gasteiger charge is 2.00. The Morgan fingerprint density at radius 3 is 1.96 bits per heavy atom. The number of carbonyl (C=O) groups excluding carboxylic acids is 1. The summed E-state index contributed by atoms with van der Waals surface area (Å²) < 4.78 is 21.1. The van der Waals surface area contributed by atoms with E-state index >= 15 is 0 Å². The number of hydrogen-bond donors (Lipinski definition) is 0. The van der Waals surface area contributed by atoms with Gasteiger partial charge in [-0.05, 0) is 6.92 Å². The number of hydrogen-bond acceptors (Lipinski definition) is 5. The molecule has 0 spiro atoms. The van der Waals surface area contributed by atoms with Gasteiger partial charge >= 0.3 is 0 Å². The maximum atomic E-state index is 11.2. The average Bonchev–Trinajstić information content (AvgIpc) is 2.59. The quantitative estimate of drug-likeness (QED) is 0.278. The fourth-order valence-electron chi connectivity index (χ4n) is 2.12. The van der Waals surface area contributed by atoms with Crippen molar-refractivity contribution in [2.24, 2.45) is 0 Å². The molecule has 0 aliphatic rings. The Hall–Kier alpha value is -1.21. The first-order valence-electron chi connectivity index (χ1n) is 8.56. The molecule has 5 nitrogen and oxygen atoms in total. The molecule has 0 fully saturated rings. The third-order valence-electron chi connectivity index (χ3n) is 3.54. The molecule has 6 heteroatoms. The van der Waals surface area contributed by atoms with Crippen LogP contribution in [0.15, 0.2) is 24.3 Å². The predicted molar refractivity (Wildman–Crippen MR) is 96.4 cm³/mol. The first kappa shape index (κ1) is 20.8. The molecule has 0 saturated carbocycles. The van der Waals surface area contributed by atoms with Crippen molar-refractivity contribution in [1.82, 2.24) is 0 Å². The summed E-state index contributed by atoms with van der Waals surface area (Å²) >= 11 is 0. The third-order valence-corrected chi connectivity index (χ3v) is 3.54. The molecule has 134 valence electrons. The molecule has 0 aliphatic heterocycles. The minimum Gasteiger partial charge on any atom is -0.382 e. The summed E-state index contributed by atoms with van der Waals surface area (Å²) in [5.41, 5.74) is 2.03. The van der Waals surface area contributed by atoms with Gasteiger partial charge in [-0.3, -0.25) is 4.79 Å². The number of methoxy groups -OCH3 is 1. The lowest BCUT2D eigenvalue weighted by atomic mass is 9.69. The van der Waals surface area contributed by atoms with Gasteiger partial charge in [-0.15, -0.1) is 0 Å². The molecule has 24 heavy (non-hydrogen) atoms. The second kappa shape index (κ2) is 14.2. The molecule has 0 bridgehead atoms. The van der Waals surface area contributed by atoms with Crippen LogP contribution in [0.5, 0.6) is 0 Å². The normalized spacial score (nSPS) is 10.8. The van der Waals surface area contributed by atoms with Crippen molar-refractivity contribution in [2.45, 2.75) is 19.6 Å². The van der Waals surface area contributed by atoms with Gasteiger partial charge in [-0.25, -0.2) is 0 Å². The van der Waals surface area contributed by atoms with Crippen LogP contribution in [0.1, 0.15) is 22.8 Å². The minimum atomic E-state index is 0.110. The van der Waals surface area contributed by atoms with Crippen molar-refractivity contribution >= 4 is 13.1 Å². The molecule has 0 saturated heterocycles. The summed E-state index contributed by atoms with van der Waals surface area (Å²) in [6.07, 6.45) is 2.03. The Kier molecular flexibility index (Phi) is 12.3. The van der Waals surface area contributed by atoms with Gasteiger partial charge in [0.1, 0.15) is 7.28 Å². The number of ether oxygens (including phenoxy) is 4. The zero-order valence-electron chi connectivity index (χ0n) is 14.9. The number of ketones is 1. The summed E-state index contributed by atoms with van der Waals surface area (Å²) in [4.78, 5) is 11.2. The third kappa shape index (κ3) is 10.5. The van der Waals surface area contributed by atoms with Crippen molar-refractivity contribution in [3.05, 3.63) is 35.4 Å². The topological polar surface area (TPSA) is 54.0 Å². The van der Waals surface area contributed by atoms with Crippen molar-refractivity contribution in [2.75, 3.05) is 53.4 Å². The standard InChI is InChI=1S/C18H29BO5/c1-16(20)18-5-3-17(4-6-18)15-19-7-8-22-11-12-24-14-13-23-10-9-21-2/h3-6,19H,7-15H2,1-2H3. The van der Waals surface area contributed by atoms with Gasteiger partial charge < -0.3 is 18.9 Å². The van der Waals surface area contributed by atoms with Gasteiger partial charge in [0, 0.05) is 19.3 Å². The monoisotopic (exact) mass is 336 g/mol. The van der Waals surface area contributed by atoms with Gasteiger partial charge in [0.2, 0.25) is 0 Å². The summed E-state index contributed by atoms with van der Waals surface area (Å²) in [5.74, 6) is 0.110. The van der Waals surface area contributed by atoms with Crippen LogP contribution in [0.3, 0.4) is 0 Å². The van der Waals surface area contributed by atoms with Gasteiger partial charge in [0.05, 0.1) is 39.6 Å². The van der Waals surface area contributed by atoms with Gasteiger partial charge in [0.25, 0.3) is 0 Å². The molecule has 1 aromatic carbocycles. The van der Waals surface area contributed by atoms with Gasteiger partial charge in [-0.2, -0.15) is 0 Å². The van der Waals surface area contributed by atoms with E-state index in [2.05, 4.69) is 0 Å². The molecule has 0 N–H and O–H groups in total. The fourth-order valence-corrected chi connectivity index (χ4v) is 2.12. The van der Waals surface area contributed by atoms with Crippen LogP contribution in [-0.4, -0.2) is 66.4 Å². The second-order valence-electron chi connectivity index (χ2n) is 5.54. The largest absolute Gasteiger partial charge is 0.382 e. The summed E-state index contributed by atoms with van der Waals surface area (Å²) in [7, 11) is 2.73. The molecule has 0 atom stereocenters. The average molecular weight is 336 g/mol. The van der Waals surface area contributed by atoms with Crippen LogP contribution < -0.4 is 0 Å². The van der Waals surface area contributed by atoms with Crippen molar-refractivity contribution in [3.63, 3.8) is 0 Å². The van der Waals surface area contributed by atoms with E-state index in [0.29, 0.717) is 39.6 Å². The van der Waals surface area contributed by atoms with E-state index in [-0.39, 0.29) is 5.78 Å². The number of Topliss-reactive ketones (excluding diaryl/α,β-unsaturated/α-hetero) is 1. The highest BCUT2D eigenvalue weighted by atomic mass is 16.6. The zero-order valence-corrected chi connectivity index (χ0v) is 14.9. The summed E-state index contributed by atoms with van der Waals surface area (Å²) in [6, 6.07) is 7.84. The molecule has 0 heterocycles. The van der Waals surface area contributed by atoms with Crippen LogP contribution in [0, 0.1) is 0 Å². The first-order chi connectivity index (χ1) is 11.7. The maximum absolute atomic E-state index is 11.2. The Balaban J connectivity index is 1.87. The predicted octanol–water partition coefficient (Wildman–Crippen LogP) is 1.94. The SMILES string of the molecule is COCCOCCOCCOCCBCc1ccc(C(C)=O)cc1. The number of benzene rings is 1.